The van der Waals surface area contributed by atoms with E-state index in [4.69, 9.17) is 0 Å². The second-order valence-corrected chi connectivity index (χ2v) is 4.22. The maximum absolute atomic E-state index is 3.41. The monoisotopic (exact) mass is 225 g/mol. The van der Waals surface area contributed by atoms with Gasteiger partial charge < -0.3 is 5.32 Å². The highest BCUT2D eigenvalue weighted by Gasteiger charge is 2.12. The molecule has 1 N–H and O–H groups in total. The van der Waals surface area contributed by atoms with Crippen molar-refractivity contribution in [3.8, 4) is 0 Å². The van der Waals surface area contributed by atoms with Crippen LogP contribution < -0.4 is 5.32 Å². The molecule has 0 amide bonds. The third-order valence-electron chi connectivity index (χ3n) is 3.14. The lowest BCUT2D eigenvalue weighted by Gasteiger charge is -2.22. The van der Waals surface area contributed by atoms with E-state index in [0.29, 0.717) is 0 Å². The fourth-order valence-electron chi connectivity index (χ4n) is 2.19. The molecule has 2 heteroatoms. The number of piperidine rings is 1. The molecule has 0 aromatic heterocycles. The van der Waals surface area contributed by atoms with E-state index in [1.165, 1.54) is 44.3 Å². The largest absolute Gasteiger partial charge is 0.317 e. The molecule has 1 nitrogen and oxygen atoms in total. The van der Waals surface area contributed by atoms with Gasteiger partial charge in [0.15, 0.2) is 0 Å². The molecule has 1 fully saturated rings. The van der Waals surface area contributed by atoms with E-state index in [9.17, 15) is 0 Å². The van der Waals surface area contributed by atoms with Gasteiger partial charge in [-0.2, -0.15) is 0 Å². The predicted molar refractivity (Wildman–Crippen MR) is 67.6 cm³/mol. The molecule has 0 saturated carbocycles. The molecule has 1 aromatic rings. The van der Waals surface area contributed by atoms with E-state index in [1.54, 1.807) is 0 Å². The summed E-state index contributed by atoms with van der Waals surface area (Å²) in [6.07, 6.45) is 5.36. The first kappa shape index (κ1) is 12.5. The van der Waals surface area contributed by atoms with Crippen LogP contribution in [0.25, 0.3) is 0 Å². The molecular weight excluding hydrogens is 206 g/mol. The molecule has 1 aliphatic heterocycles. The molecule has 0 unspecified atom stereocenters. The molecule has 2 rings (SSSR count). The Morgan fingerprint density at radius 1 is 1.07 bits per heavy atom. The van der Waals surface area contributed by atoms with Gasteiger partial charge in [-0.05, 0) is 50.3 Å². The van der Waals surface area contributed by atoms with E-state index >= 15 is 0 Å². The van der Waals surface area contributed by atoms with Crippen LogP contribution in [0.1, 0.15) is 24.8 Å². The first-order chi connectivity index (χ1) is 6.95. The van der Waals surface area contributed by atoms with Crippen LogP contribution >= 0.6 is 12.4 Å². The summed E-state index contributed by atoms with van der Waals surface area (Å²) in [7, 11) is 0. The first-order valence-electron chi connectivity index (χ1n) is 5.70. The molecule has 84 valence electrons. The van der Waals surface area contributed by atoms with Crippen LogP contribution in [0.15, 0.2) is 30.3 Å². The third-order valence-corrected chi connectivity index (χ3v) is 3.14. The molecule has 0 bridgehead atoms. The van der Waals surface area contributed by atoms with Crippen LogP contribution in [0.4, 0.5) is 0 Å². The number of hydrogen-bond acceptors (Lipinski definition) is 1. The van der Waals surface area contributed by atoms with Crippen molar-refractivity contribution < 1.29 is 0 Å². The fourth-order valence-corrected chi connectivity index (χ4v) is 2.19. The predicted octanol–water partition coefficient (Wildman–Crippen LogP) is 3.04. The Balaban J connectivity index is 0.00000112. The van der Waals surface area contributed by atoms with Gasteiger partial charge in [-0.25, -0.2) is 0 Å². The van der Waals surface area contributed by atoms with Crippen LogP contribution in [-0.2, 0) is 6.42 Å². The highest BCUT2D eigenvalue weighted by Crippen LogP contribution is 2.18. The quantitative estimate of drug-likeness (QED) is 0.834. The summed E-state index contributed by atoms with van der Waals surface area (Å²) >= 11 is 0. The second-order valence-electron chi connectivity index (χ2n) is 4.22. The Kier molecular flexibility index (Phi) is 5.74. The molecule has 1 aliphatic rings. The molecule has 0 spiro atoms. The summed E-state index contributed by atoms with van der Waals surface area (Å²) in [5.41, 5.74) is 1.49. The summed E-state index contributed by atoms with van der Waals surface area (Å²) in [6.45, 7) is 2.44. The number of nitrogens with one attached hydrogen (secondary N) is 1. The van der Waals surface area contributed by atoms with Crippen molar-refractivity contribution in [2.24, 2.45) is 5.92 Å². The zero-order valence-corrected chi connectivity index (χ0v) is 9.93. The maximum Gasteiger partial charge on any atom is -0.00463 e. The summed E-state index contributed by atoms with van der Waals surface area (Å²) in [5.74, 6) is 0.955. The van der Waals surface area contributed by atoms with Crippen molar-refractivity contribution in [3.05, 3.63) is 35.9 Å². The summed E-state index contributed by atoms with van der Waals surface area (Å²) < 4.78 is 0. The second kappa shape index (κ2) is 6.86. The first-order valence-corrected chi connectivity index (χ1v) is 5.70. The van der Waals surface area contributed by atoms with Gasteiger partial charge in [-0.15, -0.1) is 12.4 Å². The zero-order valence-electron chi connectivity index (χ0n) is 9.11. The van der Waals surface area contributed by atoms with Crippen LogP contribution in [0.3, 0.4) is 0 Å². The van der Waals surface area contributed by atoms with Crippen molar-refractivity contribution in [3.63, 3.8) is 0 Å². The molecular formula is C13H20ClN. The maximum atomic E-state index is 3.41. The lowest BCUT2D eigenvalue weighted by atomic mass is 9.91. The van der Waals surface area contributed by atoms with Gasteiger partial charge in [0.1, 0.15) is 0 Å². The minimum atomic E-state index is 0. The van der Waals surface area contributed by atoms with E-state index < -0.39 is 0 Å². The lowest BCUT2D eigenvalue weighted by molar-refractivity contribution is 0.354. The molecule has 0 aliphatic carbocycles. The van der Waals surface area contributed by atoms with Crippen molar-refractivity contribution in [1.82, 2.24) is 5.32 Å². The minimum absolute atomic E-state index is 0. The van der Waals surface area contributed by atoms with E-state index in [2.05, 4.69) is 35.6 Å². The van der Waals surface area contributed by atoms with Gasteiger partial charge in [-0.3, -0.25) is 0 Å². The van der Waals surface area contributed by atoms with Crippen molar-refractivity contribution in [2.75, 3.05) is 13.1 Å². The lowest BCUT2D eigenvalue weighted by Crippen LogP contribution is -2.27. The highest BCUT2D eigenvalue weighted by molar-refractivity contribution is 5.85. The summed E-state index contributed by atoms with van der Waals surface area (Å²) in [6, 6.07) is 10.8. The van der Waals surface area contributed by atoms with Crippen molar-refractivity contribution in [1.29, 1.82) is 0 Å². The van der Waals surface area contributed by atoms with Gasteiger partial charge in [0.2, 0.25) is 0 Å². The standard InChI is InChI=1S/C13H19N.ClH/c1-2-4-12(5-3-1)6-7-13-8-10-14-11-9-13;/h1-5,13-14H,6-11H2;1H. The summed E-state index contributed by atoms with van der Waals surface area (Å²) in [5, 5.41) is 3.41. The third kappa shape index (κ3) is 4.23. The highest BCUT2D eigenvalue weighted by atomic mass is 35.5. The zero-order chi connectivity index (χ0) is 9.64. The molecule has 1 heterocycles. The normalized spacial score (nSPS) is 17.1. The van der Waals surface area contributed by atoms with Gasteiger partial charge >= 0.3 is 0 Å². The Bertz CT molecular complexity index is 254. The van der Waals surface area contributed by atoms with Gasteiger partial charge in [0.05, 0.1) is 0 Å². The average Bonchev–Trinajstić information content (AvgIpc) is 2.29. The van der Waals surface area contributed by atoms with Gasteiger partial charge in [-0.1, -0.05) is 30.3 Å². The Labute approximate surface area is 98.7 Å². The number of benzene rings is 1. The van der Waals surface area contributed by atoms with E-state index in [1.807, 2.05) is 0 Å². The fraction of sp³-hybridized carbons (Fsp3) is 0.538. The van der Waals surface area contributed by atoms with E-state index in [-0.39, 0.29) is 12.4 Å². The number of aryl methyl sites for hydroxylation is 1. The van der Waals surface area contributed by atoms with Crippen molar-refractivity contribution >= 4 is 12.4 Å². The van der Waals surface area contributed by atoms with Crippen LogP contribution in [0.2, 0.25) is 0 Å². The molecule has 1 aromatic carbocycles. The van der Waals surface area contributed by atoms with E-state index in [0.717, 1.165) is 5.92 Å². The van der Waals surface area contributed by atoms with Crippen LogP contribution in [0, 0.1) is 5.92 Å². The molecule has 0 atom stereocenters. The average molecular weight is 226 g/mol. The Morgan fingerprint density at radius 2 is 1.73 bits per heavy atom. The number of rotatable bonds is 3. The van der Waals surface area contributed by atoms with Gasteiger partial charge in [0.25, 0.3) is 0 Å². The number of halogens is 1. The number of hydrogen-bond donors (Lipinski definition) is 1. The molecule has 15 heavy (non-hydrogen) atoms. The van der Waals surface area contributed by atoms with Crippen LogP contribution in [0.5, 0.6) is 0 Å². The smallest absolute Gasteiger partial charge is 0.00463 e. The topological polar surface area (TPSA) is 12.0 Å². The SMILES string of the molecule is Cl.c1ccc(CCC2CCNCC2)cc1. The van der Waals surface area contributed by atoms with Crippen LogP contribution in [-0.4, -0.2) is 13.1 Å². The minimum Gasteiger partial charge on any atom is -0.317 e. The summed E-state index contributed by atoms with van der Waals surface area (Å²) in [4.78, 5) is 0. The van der Waals surface area contributed by atoms with Gasteiger partial charge in [0, 0.05) is 0 Å². The Morgan fingerprint density at radius 3 is 2.40 bits per heavy atom. The molecule has 1 saturated heterocycles. The Hall–Kier alpha value is -0.530. The van der Waals surface area contributed by atoms with Crippen molar-refractivity contribution in [2.45, 2.75) is 25.7 Å². The molecule has 0 radical (unpaired) electrons.